The van der Waals surface area contributed by atoms with Gasteiger partial charge in [-0.05, 0) is 41.6 Å². The van der Waals surface area contributed by atoms with Crippen molar-refractivity contribution in [3.8, 4) is 5.75 Å². The van der Waals surface area contributed by atoms with E-state index in [-0.39, 0.29) is 21.5 Å². The Labute approximate surface area is 208 Å². The predicted octanol–water partition coefficient (Wildman–Crippen LogP) is 5.31. The molecule has 0 spiro atoms. The van der Waals surface area contributed by atoms with E-state index in [2.05, 4.69) is 25.6 Å². The van der Waals surface area contributed by atoms with Crippen LogP contribution in [0.1, 0.15) is 21.5 Å². The molecular formula is C21H13F3N4O4S3. The van der Waals surface area contributed by atoms with Crippen LogP contribution in [0.15, 0.2) is 57.8 Å². The van der Waals surface area contributed by atoms with Crippen molar-refractivity contribution in [2.75, 3.05) is 5.32 Å². The molecule has 4 rings (SSSR count). The van der Waals surface area contributed by atoms with Gasteiger partial charge in [0.25, 0.3) is 17.1 Å². The first-order valence-electron chi connectivity index (χ1n) is 9.62. The summed E-state index contributed by atoms with van der Waals surface area (Å²) in [5.74, 6) is -1.04. The number of carbonyl (C=O) groups is 3. The molecule has 8 nitrogen and oxygen atoms in total. The van der Waals surface area contributed by atoms with E-state index in [0.29, 0.717) is 21.0 Å². The van der Waals surface area contributed by atoms with E-state index in [1.165, 1.54) is 18.2 Å². The van der Waals surface area contributed by atoms with Gasteiger partial charge in [0.1, 0.15) is 5.75 Å². The molecule has 0 saturated carbocycles. The van der Waals surface area contributed by atoms with Gasteiger partial charge >= 0.3 is 6.36 Å². The first-order chi connectivity index (χ1) is 16.7. The van der Waals surface area contributed by atoms with Crippen LogP contribution in [0.5, 0.6) is 5.75 Å². The molecule has 35 heavy (non-hydrogen) atoms. The zero-order chi connectivity index (χ0) is 25.0. The van der Waals surface area contributed by atoms with Gasteiger partial charge in [0.05, 0.1) is 4.91 Å². The molecule has 1 saturated heterocycles. The molecule has 0 atom stereocenters. The monoisotopic (exact) mass is 538 g/mol. The normalized spacial score (nSPS) is 14.8. The van der Waals surface area contributed by atoms with Crippen LogP contribution in [0.25, 0.3) is 6.08 Å². The molecule has 1 aliphatic heterocycles. The van der Waals surface area contributed by atoms with Crippen molar-refractivity contribution in [1.82, 2.24) is 15.5 Å². The van der Waals surface area contributed by atoms with Crippen LogP contribution < -0.4 is 15.4 Å². The highest BCUT2D eigenvalue weighted by Crippen LogP contribution is 2.33. The van der Waals surface area contributed by atoms with Gasteiger partial charge in [-0.15, -0.1) is 23.4 Å². The Morgan fingerprint density at radius 1 is 1.11 bits per heavy atom. The number of imide groups is 1. The minimum Gasteiger partial charge on any atom is -0.405 e. The standard InChI is InChI=1S/C21H13F3N4O4S3/c22-21(23,24)32-14-4-2-1-3-13(14)10-33-20-28-27-18(35-20)25-16(29)12-7-5-11(6-8-12)9-15-17(30)26-19(31)34-15/h1-9H,10H2,(H,25,27,29)(H,26,30,31)/b15-9+. The molecule has 1 aliphatic rings. The van der Waals surface area contributed by atoms with E-state index in [4.69, 9.17) is 0 Å². The number of hydrogen-bond donors (Lipinski definition) is 2. The third kappa shape index (κ3) is 6.83. The summed E-state index contributed by atoms with van der Waals surface area (Å²) in [6.45, 7) is 0. The Kier molecular flexibility index (Phi) is 7.42. The lowest BCUT2D eigenvalue weighted by Crippen LogP contribution is -2.18. The quantitative estimate of drug-likeness (QED) is 0.237. The summed E-state index contributed by atoms with van der Waals surface area (Å²) in [6.07, 6.45) is -3.25. The highest BCUT2D eigenvalue weighted by atomic mass is 32.2. The third-order valence-electron chi connectivity index (χ3n) is 4.29. The fourth-order valence-corrected chi connectivity index (χ4v) is 5.20. The molecule has 0 radical (unpaired) electrons. The number of aromatic nitrogens is 2. The van der Waals surface area contributed by atoms with Gasteiger partial charge in [-0.25, -0.2) is 0 Å². The number of anilines is 1. The first kappa shape index (κ1) is 24.8. The molecule has 3 amide bonds. The van der Waals surface area contributed by atoms with Crippen molar-refractivity contribution in [2.45, 2.75) is 16.5 Å². The molecule has 2 heterocycles. The molecule has 1 aromatic heterocycles. The average Bonchev–Trinajstić information content (AvgIpc) is 3.37. The average molecular weight is 539 g/mol. The van der Waals surface area contributed by atoms with Crippen LogP contribution in [0.2, 0.25) is 0 Å². The minimum atomic E-state index is -4.79. The number of carbonyl (C=O) groups excluding carboxylic acids is 3. The van der Waals surface area contributed by atoms with Crippen LogP contribution in [0.3, 0.4) is 0 Å². The molecule has 2 N–H and O–H groups in total. The molecule has 14 heteroatoms. The lowest BCUT2D eigenvalue weighted by atomic mass is 10.1. The number of nitrogens with zero attached hydrogens (tertiary/aromatic N) is 2. The predicted molar refractivity (Wildman–Crippen MR) is 126 cm³/mol. The Balaban J connectivity index is 1.35. The molecule has 3 aromatic rings. The van der Waals surface area contributed by atoms with Crippen molar-refractivity contribution in [2.24, 2.45) is 0 Å². The van der Waals surface area contributed by atoms with Crippen molar-refractivity contribution in [1.29, 1.82) is 0 Å². The van der Waals surface area contributed by atoms with Gasteiger partial charge < -0.3 is 4.74 Å². The number of nitrogens with one attached hydrogen (secondary N) is 2. The number of thioether (sulfide) groups is 2. The van der Waals surface area contributed by atoms with E-state index in [1.807, 2.05) is 0 Å². The number of hydrogen-bond acceptors (Lipinski definition) is 9. The zero-order valence-electron chi connectivity index (χ0n) is 17.3. The summed E-state index contributed by atoms with van der Waals surface area (Å²) < 4.78 is 42.2. The van der Waals surface area contributed by atoms with E-state index in [9.17, 15) is 27.6 Å². The van der Waals surface area contributed by atoms with E-state index >= 15 is 0 Å². The van der Waals surface area contributed by atoms with Crippen LogP contribution in [0.4, 0.5) is 23.1 Å². The smallest absolute Gasteiger partial charge is 0.405 e. The summed E-state index contributed by atoms with van der Waals surface area (Å²) in [7, 11) is 0. The Morgan fingerprint density at radius 3 is 2.54 bits per heavy atom. The van der Waals surface area contributed by atoms with Gasteiger partial charge in [-0.2, -0.15) is 0 Å². The van der Waals surface area contributed by atoms with Gasteiger partial charge in [0, 0.05) is 16.9 Å². The SMILES string of the molecule is O=C1NC(=O)/C(=C\c2ccc(C(=O)Nc3nnc(SCc4ccccc4OC(F)(F)F)s3)cc2)S1. The lowest BCUT2D eigenvalue weighted by Gasteiger charge is -2.12. The summed E-state index contributed by atoms with van der Waals surface area (Å²) in [5, 5.41) is 12.4. The summed E-state index contributed by atoms with van der Waals surface area (Å²) in [6, 6.07) is 12.2. The third-order valence-corrected chi connectivity index (χ3v) is 7.12. The van der Waals surface area contributed by atoms with Crippen LogP contribution in [0, 0.1) is 0 Å². The van der Waals surface area contributed by atoms with Gasteiger partial charge in [0.15, 0.2) is 4.34 Å². The Morgan fingerprint density at radius 2 is 1.86 bits per heavy atom. The van der Waals surface area contributed by atoms with Crippen LogP contribution in [-0.2, 0) is 10.5 Å². The molecular weight excluding hydrogens is 525 g/mol. The molecule has 0 aliphatic carbocycles. The van der Waals surface area contributed by atoms with Crippen molar-refractivity contribution in [3.63, 3.8) is 0 Å². The van der Waals surface area contributed by atoms with Crippen LogP contribution >= 0.6 is 34.9 Å². The fourth-order valence-electron chi connectivity index (χ4n) is 2.78. The number of ether oxygens (including phenoxy) is 1. The van der Waals surface area contributed by atoms with Gasteiger partial charge in [0.2, 0.25) is 5.13 Å². The maximum atomic E-state index is 12.6. The maximum Gasteiger partial charge on any atom is 0.573 e. The molecule has 0 unspecified atom stereocenters. The first-order valence-corrected chi connectivity index (χ1v) is 12.2. The maximum absolute atomic E-state index is 12.6. The second-order valence-electron chi connectivity index (χ2n) is 6.75. The Hall–Kier alpha value is -3.36. The van der Waals surface area contributed by atoms with Crippen molar-refractivity contribution >= 4 is 63.1 Å². The topological polar surface area (TPSA) is 110 Å². The summed E-state index contributed by atoms with van der Waals surface area (Å²) in [4.78, 5) is 35.6. The number of benzene rings is 2. The summed E-state index contributed by atoms with van der Waals surface area (Å²) in [5.41, 5.74) is 1.30. The zero-order valence-corrected chi connectivity index (χ0v) is 19.7. The lowest BCUT2D eigenvalue weighted by molar-refractivity contribution is -0.274. The van der Waals surface area contributed by atoms with E-state index in [1.54, 1.807) is 36.4 Å². The number of para-hydroxylation sites is 1. The minimum absolute atomic E-state index is 0.160. The van der Waals surface area contributed by atoms with Crippen molar-refractivity contribution in [3.05, 3.63) is 70.1 Å². The molecule has 0 bridgehead atoms. The highest BCUT2D eigenvalue weighted by Gasteiger charge is 2.32. The summed E-state index contributed by atoms with van der Waals surface area (Å²) >= 11 is 3.03. The van der Waals surface area contributed by atoms with Crippen LogP contribution in [-0.4, -0.2) is 33.6 Å². The van der Waals surface area contributed by atoms with E-state index in [0.717, 1.165) is 34.9 Å². The second-order valence-corrected chi connectivity index (χ2v) is 9.96. The second kappa shape index (κ2) is 10.5. The van der Waals surface area contributed by atoms with E-state index < -0.39 is 23.4 Å². The highest BCUT2D eigenvalue weighted by molar-refractivity contribution is 8.18. The molecule has 180 valence electrons. The van der Waals surface area contributed by atoms with Crippen molar-refractivity contribution < 1.29 is 32.3 Å². The van der Waals surface area contributed by atoms with Gasteiger partial charge in [-0.1, -0.05) is 53.4 Å². The van der Waals surface area contributed by atoms with Gasteiger partial charge in [-0.3, -0.25) is 25.0 Å². The number of halogens is 3. The molecule has 2 aromatic carbocycles. The fraction of sp³-hybridized carbons (Fsp3) is 0.0952. The largest absolute Gasteiger partial charge is 0.573 e. The molecule has 1 fully saturated rings. The number of rotatable bonds is 7. The number of alkyl halides is 3. The Bertz CT molecular complexity index is 1310. The number of amides is 3.